The van der Waals surface area contributed by atoms with Crippen molar-refractivity contribution >= 4 is 5.95 Å². The molecule has 0 unspecified atom stereocenters. The lowest BCUT2D eigenvalue weighted by Crippen LogP contribution is -2.33. The molecule has 5 heterocycles. The zero-order chi connectivity index (χ0) is 20.3. The molecular formula is C23H28N6O. The van der Waals surface area contributed by atoms with Crippen molar-refractivity contribution in [3.63, 3.8) is 0 Å². The summed E-state index contributed by atoms with van der Waals surface area (Å²) in [7, 11) is 0. The standard InChI is InChI=1S/C23H28N6O/c1-17-14-21(30-27-17)20-15-25-23(29-10-4-5-11-29)26-22(20)18-7-12-28(13-8-18)16-19-6-2-3-9-24-19/h2-3,6,9,14-15,18H,4-5,7-8,10-13,16H2,1H3. The summed E-state index contributed by atoms with van der Waals surface area (Å²) in [4.78, 5) is 19.0. The zero-order valence-corrected chi connectivity index (χ0v) is 17.5. The van der Waals surface area contributed by atoms with Crippen molar-refractivity contribution in [2.24, 2.45) is 0 Å². The first-order valence-corrected chi connectivity index (χ1v) is 10.9. The van der Waals surface area contributed by atoms with Crippen LogP contribution in [0.2, 0.25) is 0 Å². The van der Waals surface area contributed by atoms with E-state index in [1.54, 1.807) is 0 Å². The molecule has 0 spiro atoms. The number of likely N-dealkylation sites (tertiary alicyclic amines) is 1. The van der Waals surface area contributed by atoms with Crippen LogP contribution in [0, 0.1) is 6.92 Å². The molecule has 0 amide bonds. The maximum Gasteiger partial charge on any atom is 0.225 e. The smallest absolute Gasteiger partial charge is 0.225 e. The van der Waals surface area contributed by atoms with E-state index in [9.17, 15) is 0 Å². The Morgan fingerprint density at radius 3 is 2.60 bits per heavy atom. The molecule has 156 valence electrons. The van der Waals surface area contributed by atoms with Crippen LogP contribution in [0.25, 0.3) is 11.3 Å². The number of pyridine rings is 1. The van der Waals surface area contributed by atoms with Gasteiger partial charge in [-0.1, -0.05) is 11.2 Å². The number of piperidine rings is 1. The van der Waals surface area contributed by atoms with Gasteiger partial charge in [0.05, 0.1) is 22.6 Å². The van der Waals surface area contributed by atoms with Crippen molar-refractivity contribution in [1.29, 1.82) is 0 Å². The Morgan fingerprint density at radius 1 is 1.07 bits per heavy atom. The Kier molecular flexibility index (Phi) is 5.45. The van der Waals surface area contributed by atoms with Crippen molar-refractivity contribution in [3.8, 4) is 11.3 Å². The van der Waals surface area contributed by atoms with Gasteiger partial charge in [-0.2, -0.15) is 0 Å². The number of hydrogen-bond donors (Lipinski definition) is 0. The Hall–Kier alpha value is -2.80. The van der Waals surface area contributed by atoms with Gasteiger partial charge in [-0.15, -0.1) is 0 Å². The average Bonchev–Trinajstić information content (AvgIpc) is 3.47. The van der Waals surface area contributed by atoms with Gasteiger partial charge >= 0.3 is 0 Å². The van der Waals surface area contributed by atoms with Gasteiger partial charge in [0.2, 0.25) is 5.95 Å². The predicted octanol–water partition coefficient (Wildman–Crippen LogP) is 3.81. The molecule has 5 rings (SSSR count). The maximum atomic E-state index is 5.59. The second-order valence-corrected chi connectivity index (χ2v) is 8.37. The highest BCUT2D eigenvalue weighted by atomic mass is 16.5. The van der Waals surface area contributed by atoms with Gasteiger partial charge in [0, 0.05) is 44.0 Å². The summed E-state index contributed by atoms with van der Waals surface area (Å²) in [6.07, 6.45) is 8.39. The number of anilines is 1. The SMILES string of the molecule is Cc1cc(-c2cnc(N3CCCC3)nc2C2CCN(Cc3ccccn3)CC2)on1. The Balaban J connectivity index is 1.37. The van der Waals surface area contributed by atoms with E-state index in [-0.39, 0.29) is 0 Å². The molecule has 0 aromatic carbocycles. The molecule has 0 atom stereocenters. The molecule has 2 saturated heterocycles. The fourth-order valence-electron chi connectivity index (χ4n) is 4.53. The largest absolute Gasteiger partial charge is 0.356 e. The lowest BCUT2D eigenvalue weighted by atomic mass is 9.90. The van der Waals surface area contributed by atoms with Crippen molar-refractivity contribution in [1.82, 2.24) is 25.0 Å². The molecule has 7 heteroatoms. The van der Waals surface area contributed by atoms with Crippen molar-refractivity contribution < 1.29 is 4.52 Å². The molecule has 0 radical (unpaired) electrons. The quantitative estimate of drug-likeness (QED) is 0.640. The first-order valence-electron chi connectivity index (χ1n) is 10.9. The van der Waals surface area contributed by atoms with Gasteiger partial charge in [0.25, 0.3) is 0 Å². The van der Waals surface area contributed by atoms with Crippen LogP contribution in [-0.4, -0.2) is 51.2 Å². The minimum atomic E-state index is 0.398. The minimum absolute atomic E-state index is 0.398. The van der Waals surface area contributed by atoms with Crippen molar-refractivity contribution in [2.75, 3.05) is 31.1 Å². The van der Waals surface area contributed by atoms with E-state index in [1.165, 1.54) is 12.8 Å². The summed E-state index contributed by atoms with van der Waals surface area (Å²) < 4.78 is 5.59. The molecular weight excluding hydrogens is 376 g/mol. The van der Waals surface area contributed by atoms with Crippen LogP contribution in [-0.2, 0) is 6.54 Å². The third-order valence-electron chi connectivity index (χ3n) is 6.17. The Bertz CT molecular complexity index is 974. The molecule has 3 aromatic heterocycles. The molecule has 7 nitrogen and oxygen atoms in total. The van der Waals surface area contributed by atoms with Gasteiger partial charge in [-0.3, -0.25) is 9.88 Å². The topological polar surface area (TPSA) is 71.2 Å². The number of rotatable bonds is 5. The molecule has 30 heavy (non-hydrogen) atoms. The first-order chi connectivity index (χ1) is 14.8. The van der Waals surface area contributed by atoms with Crippen LogP contribution in [0.15, 0.2) is 41.2 Å². The number of aryl methyl sites for hydroxylation is 1. The lowest BCUT2D eigenvalue weighted by molar-refractivity contribution is 0.201. The van der Waals surface area contributed by atoms with Crippen molar-refractivity contribution in [2.45, 2.75) is 45.1 Å². The van der Waals surface area contributed by atoms with E-state index in [2.05, 4.69) is 37.1 Å². The molecule has 0 saturated carbocycles. The third-order valence-corrected chi connectivity index (χ3v) is 6.17. The molecule has 2 aliphatic heterocycles. The lowest BCUT2D eigenvalue weighted by Gasteiger charge is -2.32. The van der Waals surface area contributed by atoms with Crippen LogP contribution in [0.5, 0.6) is 0 Å². The van der Waals surface area contributed by atoms with Crippen molar-refractivity contribution in [3.05, 3.63) is 53.7 Å². The summed E-state index contributed by atoms with van der Waals surface area (Å²) >= 11 is 0. The van der Waals surface area contributed by atoms with Crippen LogP contribution in [0.4, 0.5) is 5.95 Å². The summed E-state index contributed by atoms with van der Waals surface area (Å²) in [6.45, 7) is 7.02. The molecule has 0 N–H and O–H groups in total. The summed E-state index contributed by atoms with van der Waals surface area (Å²) in [5.41, 5.74) is 4.11. The highest BCUT2D eigenvalue weighted by Crippen LogP contribution is 2.35. The maximum absolute atomic E-state index is 5.59. The Morgan fingerprint density at radius 2 is 1.90 bits per heavy atom. The summed E-state index contributed by atoms with van der Waals surface area (Å²) in [5.74, 6) is 2.03. The van der Waals surface area contributed by atoms with E-state index < -0.39 is 0 Å². The molecule has 0 bridgehead atoms. The first kappa shape index (κ1) is 19.2. The molecule has 3 aromatic rings. The normalized spacial score (nSPS) is 18.2. The summed E-state index contributed by atoms with van der Waals surface area (Å²) in [5, 5.41) is 4.08. The van der Waals surface area contributed by atoms with Crippen LogP contribution >= 0.6 is 0 Å². The van der Waals surface area contributed by atoms with Gasteiger partial charge in [-0.05, 0) is 57.8 Å². The number of nitrogens with zero attached hydrogens (tertiary/aromatic N) is 6. The fraction of sp³-hybridized carbons (Fsp3) is 0.478. The monoisotopic (exact) mass is 404 g/mol. The highest BCUT2D eigenvalue weighted by Gasteiger charge is 2.27. The van der Waals surface area contributed by atoms with Crippen LogP contribution in [0.1, 0.15) is 48.7 Å². The average molecular weight is 405 g/mol. The summed E-state index contributed by atoms with van der Waals surface area (Å²) in [6, 6.07) is 8.11. The van der Waals surface area contributed by atoms with Gasteiger partial charge < -0.3 is 9.42 Å². The molecule has 2 fully saturated rings. The second kappa shape index (κ2) is 8.52. The van der Waals surface area contributed by atoms with Gasteiger partial charge in [-0.25, -0.2) is 9.97 Å². The zero-order valence-electron chi connectivity index (χ0n) is 17.5. The minimum Gasteiger partial charge on any atom is -0.356 e. The fourth-order valence-corrected chi connectivity index (χ4v) is 4.53. The van der Waals surface area contributed by atoms with E-state index in [1.807, 2.05) is 31.5 Å². The molecule has 0 aliphatic carbocycles. The highest BCUT2D eigenvalue weighted by molar-refractivity contribution is 5.61. The molecule has 2 aliphatic rings. The van der Waals surface area contributed by atoms with Gasteiger partial charge in [0.15, 0.2) is 5.76 Å². The third kappa shape index (κ3) is 4.07. The van der Waals surface area contributed by atoms with E-state index in [0.29, 0.717) is 5.92 Å². The van der Waals surface area contributed by atoms with Crippen LogP contribution in [0.3, 0.4) is 0 Å². The Labute approximate surface area is 177 Å². The van der Waals surface area contributed by atoms with Gasteiger partial charge in [0.1, 0.15) is 0 Å². The predicted molar refractivity (Wildman–Crippen MR) is 115 cm³/mol. The number of aromatic nitrogens is 4. The van der Waals surface area contributed by atoms with E-state index >= 15 is 0 Å². The van der Waals surface area contributed by atoms with E-state index in [4.69, 9.17) is 9.51 Å². The second-order valence-electron chi connectivity index (χ2n) is 8.37. The van der Waals surface area contributed by atoms with E-state index in [0.717, 1.165) is 79.9 Å². The number of hydrogen-bond acceptors (Lipinski definition) is 7. The van der Waals surface area contributed by atoms with Crippen LogP contribution < -0.4 is 4.90 Å².